The van der Waals surface area contributed by atoms with Gasteiger partial charge in [0.1, 0.15) is 11.6 Å². The van der Waals surface area contributed by atoms with Crippen LogP contribution in [0.2, 0.25) is 0 Å². The lowest BCUT2D eigenvalue weighted by Crippen LogP contribution is -2.33. The lowest BCUT2D eigenvalue weighted by atomic mass is 9.64. The Morgan fingerprint density at radius 3 is 2.59 bits per heavy atom. The number of halogens is 1. The molecule has 0 saturated heterocycles. The molecule has 3 nitrogen and oxygen atoms in total. The van der Waals surface area contributed by atoms with Crippen molar-refractivity contribution in [2.75, 3.05) is 0 Å². The van der Waals surface area contributed by atoms with Crippen LogP contribution in [0, 0.1) is 17.1 Å². The highest BCUT2D eigenvalue weighted by atomic mass is 19.1. The van der Waals surface area contributed by atoms with E-state index in [4.69, 9.17) is 10.4 Å². The van der Waals surface area contributed by atoms with Gasteiger partial charge in [-0.1, -0.05) is 19.4 Å². The van der Waals surface area contributed by atoms with Crippen molar-refractivity contribution in [2.45, 2.75) is 31.6 Å². The largest absolute Gasteiger partial charge is 0.478 e. The molecule has 0 bridgehead atoms. The highest BCUT2D eigenvalue weighted by Crippen LogP contribution is 2.45. The minimum atomic E-state index is -1.30. The first-order chi connectivity index (χ1) is 7.99. The smallest absolute Gasteiger partial charge is 0.339 e. The molecule has 0 spiro atoms. The van der Waals surface area contributed by atoms with Gasteiger partial charge in [-0.3, -0.25) is 0 Å². The SMILES string of the molecule is CC1(c2ccc(C#N)c(F)c2C(=O)O)CCC1. The number of nitrogens with zero attached hydrogens (tertiary/aromatic N) is 1. The van der Waals surface area contributed by atoms with Gasteiger partial charge in [-0.2, -0.15) is 5.26 Å². The summed E-state index contributed by atoms with van der Waals surface area (Å²) >= 11 is 0. The van der Waals surface area contributed by atoms with Crippen LogP contribution in [-0.4, -0.2) is 11.1 Å². The lowest BCUT2D eigenvalue weighted by Gasteiger charge is -2.39. The van der Waals surface area contributed by atoms with Gasteiger partial charge in [0.2, 0.25) is 0 Å². The third kappa shape index (κ3) is 1.68. The van der Waals surface area contributed by atoms with Gasteiger partial charge in [0.25, 0.3) is 0 Å². The molecule has 88 valence electrons. The average molecular weight is 233 g/mol. The van der Waals surface area contributed by atoms with Gasteiger partial charge in [0.05, 0.1) is 5.56 Å². The molecule has 1 aliphatic rings. The number of carbonyl (C=O) groups is 1. The van der Waals surface area contributed by atoms with Gasteiger partial charge in [-0.05, 0) is 29.9 Å². The van der Waals surface area contributed by atoms with Crippen molar-refractivity contribution in [3.63, 3.8) is 0 Å². The fraction of sp³-hybridized carbons (Fsp3) is 0.385. The predicted octanol–water partition coefficient (Wildman–Crippen LogP) is 2.84. The van der Waals surface area contributed by atoms with E-state index >= 15 is 0 Å². The van der Waals surface area contributed by atoms with E-state index in [2.05, 4.69) is 0 Å². The second kappa shape index (κ2) is 3.85. The van der Waals surface area contributed by atoms with E-state index in [0.29, 0.717) is 5.56 Å². The minimum Gasteiger partial charge on any atom is -0.478 e. The van der Waals surface area contributed by atoms with Gasteiger partial charge in [-0.25, -0.2) is 9.18 Å². The monoisotopic (exact) mass is 233 g/mol. The first-order valence-corrected chi connectivity index (χ1v) is 5.46. The Morgan fingerprint density at radius 1 is 1.53 bits per heavy atom. The van der Waals surface area contributed by atoms with Crippen LogP contribution >= 0.6 is 0 Å². The van der Waals surface area contributed by atoms with Crippen LogP contribution < -0.4 is 0 Å². The summed E-state index contributed by atoms with van der Waals surface area (Å²) in [5, 5.41) is 17.8. The second-order valence-corrected chi connectivity index (χ2v) is 4.68. The zero-order valence-electron chi connectivity index (χ0n) is 9.46. The molecule has 1 aromatic carbocycles. The van der Waals surface area contributed by atoms with E-state index in [1.807, 2.05) is 6.92 Å². The molecule has 4 heteroatoms. The van der Waals surface area contributed by atoms with Gasteiger partial charge < -0.3 is 5.11 Å². The Balaban J connectivity index is 2.65. The maximum absolute atomic E-state index is 13.9. The summed E-state index contributed by atoms with van der Waals surface area (Å²) in [5.74, 6) is -2.21. The van der Waals surface area contributed by atoms with Crippen molar-refractivity contribution < 1.29 is 14.3 Å². The summed E-state index contributed by atoms with van der Waals surface area (Å²) in [6, 6.07) is 4.60. The summed E-state index contributed by atoms with van der Waals surface area (Å²) in [5.41, 5.74) is -0.309. The van der Waals surface area contributed by atoms with E-state index in [1.165, 1.54) is 6.07 Å². The van der Waals surface area contributed by atoms with Crippen LogP contribution in [0.15, 0.2) is 12.1 Å². The molecule has 0 unspecified atom stereocenters. The maximum Gasteiger partial charge on any atom is 0.339 e. The standard InChI is InChI=1S/C13H12FNO2/c1-13(5-2-6-13)9-4-3-8(7-15)11(14)10(9)12(16)17/h3-4H,2,5-6H2,1H3,(H,16,17). The Kier molecular flexibility index (Phi) is 2.62. The Labute approximate surface area is 98.5 Å². The Bertz CT molecular complexity index is 527. The second-order valence-electron chi connectivity index (χ2n) is 4.68. The van der Waals surface area contributed by atoms with E-state index in [0.717, 1.165) is 19.3 Å². The number of carboxylic acids is 1. The van der Waals surface area contributed by atoms with Crippen molar-refractivity contribution in [3.8, 4) is 6.07 Å². The fourth-order valence-corrected chi connectivity index (χ4v) is 2.35. The number of rotatable bonds is 2. The zero-order chi connectivity index (χ0) is 12.6. The number of hydrogen-bond acceptors (Lipinski definition) is 2. The van der Waals surface area contributed by atoms with Gasteiger partial charge in [0.15, 0.2) is 5.82 Å². The summed E-state index contributed by atoms with van der Waals surface area (Å²) in [7, 11) is 0. The Hall–Kier alpha value is -1.89. The summed E-state index contributed by atoms with van der Waals surface area (Å²) in [6.07, 6.45) is 2.74. The molecule has 0 aromatic heterocycles. The molecule has 0 aliphatic heterocycles. The third-order valence-corrected chi connectivity index (χ3v) is 3.58. The van der Waals surface area contributed by atoms with Crippen molar-refractivity contribution >= 4 is 5.97 Å². The lowest BCUT2D eigenvalue weighted by molar-refractivity contribution is 0.0686. The molecule has 1 aromatic rings. The quantitative estimate of drug-likeness (QED) is 0.854. The van der Waals surface area contributed by atoms with Crippen LogP contribution in [0.1, 0.15) is 47.7 Å². The van der Waals surface area contributed by atoms with Gasteiger partial charge >= 0.3 is 5.97 Å². The van der Waals surface area contributed by atoms with Crippen molar-refractivity contribution in [1.29, 1.82) is 5.26 Å². The molecule has 1 saturated carbocycles. The number of hydrogen-bond donors (Lipinski definition) is 1. The minimum absolute atomic E-state index is 0.214. The van der Waals surface area contributed by atoms with Gasteiger partial charge in [0, 0.05) is 0 Å². The predicted molar refractivity (Wildman–Crippen MR) is 59.3 cm³/mol. The Morgan fingerprint density at radius 2 is 2.18 bits per heavy atom. The van der Waals surface area contributed by atoms with Crippen molar-refractivity contribution in [2.24, 2.45) is 0 Å². The molecule has 1 N–H and O–H groups in total. The van der Waals surface area contributed by atoms with Gasteiger partial charge in [-0.15, -0.1) is 0 Å². The number of nitriles is 1. The topological polar surface area (TPSA) is 61.1 Å². The molecule has 2 rings (SSSR count). The molecule has 0 radical (unpaired) electrons. The molecule has 0 atom stereocenters. The molecule has 17 heavy (non-hydrogen) atoms. The zero-order valence-corrected chi connectivity index (χ0v) is 9.46. The average Bonchev–Trinajstić information content (AvgIpc) is 2.24. The third-order valence-electron chi connectivity index (χ3n) is 3.58. The number of benzene rings is 1. The van der Waals surface area contributed by atoms with Crippen molar-refractivity contribution in [1.82, 2.24) is 0 Å². The van der Waals surface area contributed by atoms with Crippen LogP contribution in [0.3, 0.4) is 0 Å². The highest BCUT2D eigenvalue weighted by Gasteiger charge is 2.38. The van der Waals surface area contributed by atoms with E-state index in [9.17, 15) is 9.18 Å². The van der Waals surface area contributed by atoms with Crippen LogP contribution in [0.5, 0.6) is 0 Å². The van der Waals surface area contributed by atoms with E-state index in [1.54, 1.807) is 12.1 Å². The van der Waals surface area contributed by atoms with Crippen LogP contribution in [-0.2, 0) is 5.41 Å². The van der Waals surface area contributed by atoms with E-state index in [-0.39, 0.29) is 16.5 Å². The first kappa shape index (κ1) is 11.6. The molecule has 1 fully saturated rings. The van der Waals surface area contributed by atoms with Crippen LogP contribution in [0.4, 0.5) is 4.39 Å². The number of aromatic carboxylic acids is 1. The summed E-state index contributed by atoms with van der Waals surface area (Å²) in [6.45, 7) is 1.93. The fourth-order valence-electron chi connectivity index (χ4n) is 2.35. The molecular weight excluding hydrogens is 221 g/mol. The van der Waals surface area contributed by atoms with Crippen molar-refractivity contribution in [3.05, 3.63) is 34.6 Å². The first-order valence-electron chi connectivity index (χ1n) is 5.46. The highest BCUT2D eigenvalue weighted by molar-refractivity contribution is 5.91. The molecule has 1 aliphatic carbocycles. The van der Waals surface area contributed by atoms with E-state index < -0.39 is 11.8 Å². The summed E-state index contributed by atoms with van der Waals surface area (Å²) < 4.78 is 13.9. The maximum atomic E-state index is 13.9. The van der Waals surface area contributed by atoms with Crippen LogP contribution in [0.25, 0.3) is 0 Å². The molecule has 0 amide bonds. The normalized spacial score (nSPS) is 17.0. The number of carboxylic acid groups (broad SMARTS) is 1. The molecule has 0 heterocycles. The molecular formula is C13H12FNO2. The summed E-state index contributed by atoms with van der Waals surface area (Å²) in [4.78, 5) is 11.1.